The lowest BCUT2D eigenvalue weighted by Crippen LogP contribution is -2.55. The largest absolute Gasteiger partial charge is 0.379 e. The Balaban J connectivity index is 1.54. The summed E-state index contributed by atoms with van der Waals surface area (Å²) in [5.74, 6) is 0.204. The monoisotopic (exact) mass is 374 g/mol. The Morgan fingerprint density at radius 2 is 1.89 bits per heavy atom. The van der Waals surface area contributed by atoms with Crippen LogP contribution in [0.4, 0.5) is 16.2 Å². The molecule has 3 N–H and O–H groups in total. The van der Waals surface area contributed by atoms with Crippen LogP contribution in [0.15, 0.2) is 18.2 Å². The van der Waals surface area contributed by atoms with Gasteiger partial charge in [0.1, 0.15) is 0 Å². The van der Waals surface area contributed by atoms with E-state index in [0.29, 0.717) is 17.9 Å². The van der Waals surface area contributed by atoms with Gasteiger partial charge in [-0.05, 0) is 51.3 Å². The molecule has 27 heavy (non-hydrogen) atoms. The fourth-order valence-electron chi connectivity index (χ4n) is 3.17. The van der Waals surface area contributed by atoms with Crippen molar-refractivity contribution in [2.45, 2.75) is 39.2 Å². The first-order valence-corrected chi connectivity index (χ1v) is 9.64. The molecule has 0 atom stereocenters. The molecule has 0 aromatic heterocycles. The summed E-state index contributed by atoms with van der Waals surface area (Å²) in [5, 5.41) is 8.78. The van der Waals surface area contributed by atoms with E-state index < -0.39 is 0 Å². The first-order chi connectivity index (χ1) is 12.8. The number of rotatable bonds is 6. The number of nitrogens with one attached hydrogen (secondary N) is 3. The molecule has 0 bridgehead atoms. The summed E-state index contributed by atoms with van der Waals surface area (Å²) >= 11 is 0. The smallest absolute Gasteiger partial charge is 0.319 e. The van der Waals surface area contributed by atoms with E-state index >= 15 is 0 Å². The molecule has 3 rings (SSSR count). The Bertz CT molecular complexity index is 694. The SMILES string of the molecule is Cc1ccc(NC(=O)C2CC2)cc1NC(=O)NCC(C)(C)N1CCOCC1. The van der Waals surface area contributed by atoms with Crippen molar-refractivity contribution in [2.75, 3.05) is 43.5 Å². The molecule has 7 nitrogen and oxygen atoms in total. The second-order valence-corrected chi connectivity index (χ2v) is 8.01. The molecule has 2 fully saturated rings. The molecule has 1 aliphatic carbocycles. The van der Waals surface area contributed by atoms with Gasteiger partial charge in [0.15, 0.2) is 0 Å². The molecule has 148 valence electrons. The highest BCUT2D eigenvalue weighted by Gasteiger charge is 2.30. The molecule has 0 unspecified atom stereocenters. The number of anilines is 2. The van der Waals surface area contributed by atoms with Crippen molar-refractivity contribution in [1.29, 1.82) is 0 Å². The van der Waals surface area contributed by atoms with E-state index in [0.717, 1.165) is 44.7 Å². The maximum Gasteiger partial charge on any atom is 0.319 e. The van der Waals surface area contributed by atoms with Crippen LogP contribution in [0, 0.1) is 12.8 Å². The number of carbonyl (C=O) groups excluding carboxylic acids is 2. The van der Waals surface area contributed by atoms with Crippen LogP contribution in [0.1, 0.15) is 32.3 Å². The van der Waals surface area contributed by atoms with Gasteiger partial charge in [0.05, 0.1) is 13.2 Å². The second-order valence-electron chi connectivity index (χ2n) is 8.01. The van der Waals surface area contributed by atoms with Crippen LogP contribution in [0.5, 0.6) is 0 Å². The third-order valence-corrected chi connectivity index (χ3v) is 5.25. The lowest BCUT2D eigenvalue weighted by atomic mass is 10.0. The first-order valence-electron chi connectivity index (χ1n) is 9.64. The van der Waals surface area contributed by atoms with E-state index in [4.69, 9.17) is 4.74 Å². The Labute approximate surface area is 160 Å². The van der Waals surface area contributed by atoms with Gasteiger partial charge in [-0.15, -0.1) is 0 Å². The molecule has 1 heterocycles. The maximum atomic E-state index is 12.4. The molecule has 1 aromatic rings. The molecule has 1 saturated carbocycles. The lowest BCUT2D eigenvalue weighted by molar-refractivity contribution is -0.117. The number of ether oxygens (including phenoxy) is 1. The average molecular weight is 374 g/mol. The van der Waals surface area contributed by atoms with Gasteiger partial charge in [-0.3, -0.25) is 9.69 Å². The van der Waals surface area contributed by atoms with Crippen LogP contribution in [0.25, 0.3) is 0 Å². The highest BCUT2D eigenvalue weighted by atomic mass is 16.5. The van der Waals surface area contributed by atoms with Gasteiger partial charge in [0.2, 0.25) is 5.91 Å². The zero-order chi connectivity index (χ0) is 19.4. The van der Waals surface area contributed by atoms with Crippen molar-refractivity contribution in [1.82, 2.24) is 10.2 Å². The van der Waals surface area contributed by atoms with Crippen molar-refractivity contribution in [2.24, 2.45) is 5.92 Å². The molecule has 2 aliphatic rings. The van der Waals surface area contributed by atoms with Crippen molar-refractivity contribution < 1.29 is 14.3 Å². The van der Waals surface area contributed by atoms with Gasteiger partial charge >= 0.3 is 6.03 Å². The Morgan fingerprint density at radius 1 is 1.19 bits per heavy atom. The third-order valence-electron chi connectivity index (χ3n) is 5.25. The van der Waals surface area contributed by atoms with Crippen LogP contribution in [0.3, 0.4) is 0 Å². The number of morpholine rings is 1. The number of nitrogens with zero attached hydrogens (tertiary/aromatic N) is 1. The third kappa shape index (κ3) is 5.43. The Hall–Kier alpha value is -2.12. The van der Waals surface area contributed by atoms with Crippen LogP contribution in [-0.4, -0.2) is 55.2 Å². The average Bonchev–Trinajstić information content (AvgIpc) is 3.49. The molecule has 0 spiro atoms. The van der Waals surface area contributed by atoms with Crippen LogP contribution >= 0.6 is 0 Å². The van der Waals surface area contributed by atoms with E-state index in [-0.39, 0.29) is 23.4 Å². The molecule has 1 aliphatic heterocycles. The normalized spacial score (nSPS) is 18.0. The number of hydrogen-bond donors (Lipinski definition) is 3. The van der Waals surface area contributed by atoms with Crippen molar-refractivity contribution in [3.63, 3.8) is 0 Å². The Morgan fingerprint density at radius 3 is 2.56 bits per heavy atom. The molecule has 3 amide bonds. The number of urea groups is 1. The van der Waals surface area contributed by atoms with E-state index in [1.165, 1.54) is 0 Å². The zero-order valence-corrected chi connectivity index (χ0v) is 16.4. The summed E-state index contributed by atoms with van der Waals surface area (Å²) in [5.41, 5.74) is 2.21. The quantitative estimate of drug-likeness (QED) is 0.715. The molecule has 7 heteroatoms. The van der Waals surface area contributed by atoms with Crippen LogP contribution in [-0.2, 0) is 9.53 Å². The van der Waals surface area contributed by atoms with E-state index in [1.54, 1.807) is 0 Å². The zero-order valence-electron chi connectivity index (χ0n) is 16.4. The molecule has 1 saturated heterocycles. The number of amides is 3. The van der Waals surface area contributed by atoms with Gasteiger partial charge in [0, 0.05) is 42.5 Å². The first kappa shape index (κ1) is 19.6. The van der Waals surface area contributed by atoms with Gasteiger partial charge in [-0.25, -0.2) is 4.79 Å². The van der Waals surface area contributed by atoms with Crippen molar-refractivity contribution in [3.8, 4) is 0 Å². The summed E-state index contributed by atoms with van der Waals surface area (Å²) in [7, 11) is 0. The fourth-order valence-corrected chi connectivity index (χ4v) is 3.17. The van der Waals surface area contributed by atoms with Gasteiger partial charge in [-0.1, -0.05) is 6.07 Å². The van der Waals surface area contributed by atoms with Gasteiger partial charge in [-0.2, -0.15) is 0 Å². The standard InChI is InChI=1S/C20H30N4O3/c1-14-4-7-16(22-18(25)15-5-6-15)12-17(14)23-19(26)21-13-20(2,3)24-8-10-27-11-9-24/h4,7,12,15H,5-6,8-11,13H2,1-3H3,(H,22,25)(H2,21,23,26). The number of carbonyl (C=O) groups is 2. The van der Waals surface area contributed by atoms with Crippen molar-refractivity contribution >= 4 is 23.3 Å². The van der Waals surface area contributed by atoms with Crippen molar-refractivity contribution in [3.05, 3.63) is 23.8 Å². The van der Waals surface area contributed by atoms with Crippen LogP contribution in [0.2, 0.25) is 0 Å². The predicted octanol–water partition coefficient (Wildman–Crippen LogP) is 2.58. The molecule has 1 aromatic carbocycles. The Kier molecular flexibility index (Phi) is 6.01. The molecular weight excluding hydrogens is 344 g/mol. The summed E-state index contributed by atoms with van der Waals surface area (Å²) in [6.07, 6.45) is 1.92. The van der Waals surface area contributed by atoms with E-state index in [1.807, 2.05) is 25.1 Å². The predicted molar refractivity (Wildman–Crippen MR) is 106 cm³/mol. The maximum absolute atomic E-state index is 12.4. The number of hydrogen-bond acceptors (Lipinski definition) is 4. The van der Waals surface area contributed by atoms with E-state index in [9.17, 15) is 9.59 Å². The minimum absolute atomic E-state index is 0.0570. The number of aryl methyl sites for hydroxylation is 1. The van der Waals surface area contributed by atoms with Gasteiger partial charge in [0.25, 0.3) is 0 Å². The minimum atomic E-state index is -0.245. The number of benzene rings is 1. The highest BCUT2D eigenvalue weighted by Crippen LogP contribution is 2.30. The van der Waals surface area contributed by atoms with Crippen LogP contribution < -0.4 is 16.0 Å². The summed E-state index contributed by atoms with van der Waals surface area (Å²) < 4.78 is 5.40. The van der Waals surface area contributed by atoms with E-state index in [2.05, 4.69) is 34.7 Å². The minimum Gasteiger partial charge on any atom is -0.379 e. The van der Waals surface area contributed by atoms with Gasteiger partial charge < -0.3 is 20.7 Å². The fraction of sp³-hybridized carbons (Fsp3) is 0.600. The topological polar surface area (TPSA) is 82.7 Å². The highest BCUT2D eigenvalue weighted by molar-refractivity contribution is 5.96. The lowest BCUT2D eigenvalue weighted by Gasteiger charge is -2.40. The summed E-state index contributed by atoms with van der Waals surface area (Å²) in [4.78, 5) is 26.7. The summed E-state index contributed by atoms with van der Waals surface area (Å²) in [6, 6.07) is 5.32. The summed E-state index contributed by atoms with van der Waals surface area (Å²) in [6.45, 7) is 9.92. The second kappa shape index (κ2) is 8.27. The molecular formula is C20H30N4O3. The molecule has 0 radical (unpaired) electrons.